The van der Waals surface area contributed by atoms with Crippen LogP contribution in [0.5, 0.6) is 5.75 Å². The highest BCUT2D eigenvalue weighted by atomic mass is 32.1. The number of methoxy groups -OCH3 is 1. The van der Waals surface area contributed by atoms with Crippen molar-refractivity contribution in [1.29, 1.82) is 0 Å². The highest BCUT2D eigenvalue weighted by Crippen LogP contribution is 2.25. The Morgan fingerprint density at radius 2 is 1.82 bits per heavy atom. The number of ether oxygens (including phenoxy) is 1. The Morgan fingerprint density at radius 1 is 1.05 bits per heavy atom. The van der Waals surface area contributed by atoms with Crippen molar-refractivity contribution in [1.82, 2.24) is 10.2 Å². The Kier molecular flexibility index (Phi) is 4.41. The number of anilines is 1. The van der Waals surface area contributed by atoms with E-state index >= 15 is 0 Å². The fraction of sp³-hybridized carbons (Fsp3) is 0.0625. The van der Waals surface area contributed by atoms with Gasteiger partial charge < -0.3 is 4.74 Å². The van der Waals surface area contributed by atoms with E-state index in [1.807, 2.05) is 54.6 Å². The molecule has 0 unspecified atom stereocenters. The van der Waals surface area contributed by atoms with Gasteiger partial charge in [0.2, 0.25) is 5.13 Å². The number of nitrogens with one attached hydrogen (secondary N) is 1. The van der Waals surface area contributed by atoms with E-state index < -0.39 is 0 Å². The summed E-state index contributed by atoms with van der Waals surface area (Å²) in [6, 6.07) is 17.6. The predicted molar refractivity (Wildman–Crippen MR) is 89.6 cm³/mol. The Morgan fingerprint density at radius 3 is 2.55 bits per heavy atom. The first-order valence-corrected chi connectivity index (χ1v) is 7.49. The third-order valence-electron chi connectivity index (χ3n) is 2.94. The lowest BCUT2D eigenvalue weighted by Gasteiger charge is -1.98. The third kappa shape index (κ3) is 3.48. The van der Waals surface area contributed by atoms with Crippen molar-refractivity contribution in [3.63, 3.8) is 0 Å². The standard InChI is InChI=1S/C16H14N4OS/c1-21-14-9-7-12(8-10-14)11-17-19-16-20-18-15(22-16)13-5-3-2-4-6-13/h2-11H,1H3,(H,19,20)/b17-11+. The zero-order valence-corrected chi connectivity index (χ0v) is 12.7. The second kappa shape index (κ2) is 6.82. The normalized spacial score (nSPS) is 10.8. The summed E-state index contributed by atoms with van der Waals surface area (Å²) in [7, 11) is 1.64. The Balaban J connectivity index is 1.64. The lowest BCUT2D eigenvalue weighted by atomic mass is 10.2. The van der Waals surface area contributed by atoms with Gasteiger partial charge in [-0.25, -0.2) is 0 Å². The number of rotatable bonds is 5. The van der Waals surface area contributed by atoms with E-state index in [-0.39, 0.29) is 0 Å². The van der Waals surface area contributed by atoms with Crippen molar-refractivity contribution in [2.75, 3.05) is 12.5 Å². The molecule has 0 radical (unpaired) electrons. The number of aromatic nitrogens is 2. The summed E-state index contributed by atoms with van der Waals surface area (Å²) in [6.07, 6.45) is 1.73. The molecule has 1 heterocycles. The third-order valence-corrected chi connectivity index (χ3v) is 3.81. The van der Waals surface area contributed by atoms with E-state index in [0.717, 1.165) is 21.9 Å². The summed E-state index contributed by atoms with van der Waals surface area (Å²) >= 11 is 1.46. The maximum atomic E-state index is 5.11. The zero-order chi connectivity index (χ0) is 15.2. The molecule has 0 aliphatic rings. The van der Waals surface area contributed by atoms with Gasteiger partial charge in [-0.15, -0.1) is 10.2 Å². The van der Waals surface area contributed by atoms with E-state index in [0.29, 0.717) is 5.13 Å². The van der Waals surface area contributed by atoms with Crippen LogP contribution in [0.15, 0.2) is 59.7 Å². The number of hydrogen-bond acceptors (Lipinski definition) is 6. The molecular formula is C16H14N4OS. The fourth-order valence-corrected chi connectivity index (χ4v) is 2.52. The van der Waals surface area contributed by atoms with Gasteiger partial charge in [-0.2, -0.15) is 5.10 Å². The van der Waals surface area contributed by atoms with Crippen molar-refractivity contribution in [2.45, 2.75) is 0 Å². The van der Waals surface area contributed by atoms with Crippen LogP contribution < -0.4 is 10.2 Å². The van der Waals surface area contributed by atoms with E-state index in [1.165, 1.54) is 11.3 Å². The molecule has 0 bridgehead atoms. The van der Waals surface area contributed by atoms with Crippen molar-refractivity contribution in [3.05, 3.63) is 60.2 Å². The van der Waals surface area contributed by atoms with Crippen LogP contribution >= 0.6 is 11.3 Å². The number of nitrogens with zero attached hydrogens (tertiary/aromatic N) is 3. The number of benzene rings is 2. The van der Waals surface area contributed by atoms with Gasteiger partial charge in [-0.1, -0.05) is 41.7 Å². The Labute approximate surface area is 132 Å². The van der Waals surface area contributed by atoms with Gasteiger partial charge in [0.25, 0.3) is 0 Å². The molecule has 1 N–H and O–H groups in total. The average Bonchev–Trinajstić information content (AvgIpc) is 3.05. The molecule has 1 aromatic heterocycles. The average molecular weight is 310 g/mol. The van der Waals surface area contributed by atoms with Crippen LogP contribution in [0.1, 0.15) is 5.56 Å². The summed E-state index contributed by atoms with van der Waals surface area (Å²) in [4.78, 5) is 0. The van der Waals surface area contributed by atoms with Gasteiger partial charge in [0, 0.05) is 5.56 Å². The molecule has 0 spiro atoms. The molecule has 0 saturated heterocycles. The van der Waals surface area contributed by atoms with Gasteiger partial charge in [0.1, 0.15) is 10.8 Å². The van der Waals surface area contributed by atoms with E-state index in [9.17, 15) is 0 Å². The molecule has 0 saturated carbocycles. The molecule has 0 aliphatic heterocycles. The van der Waals surface area contributed by atoms with Gasteiger partial charge in [-0.3, -0.25) is 5.43 Å². The molecule has 22 heavy (non-hydrogen) atoms. The van der Waals surface area contributed by atoms with Gasteiger partial charge in [-0.05, 0) is 29.8 Å². The first kappa shape index (κ1) is 14.2. The molecule has 0 aliphatic carbocycles. The summed E-state index contributed by atoms with van der Waals surface area (Å²) in [5, 5.41) is 13.9. The number of hydrazone groups is 1. The second-order valence-corrected chi connectivity index (χ2v) is 5.40. The minimum absolute atomic E-state index is 0.656. The van der Waals surface area contributed by atoms with Crippen LogP contribution in [-0.2, 0) is 0 Å². The summed E-state index contributed by atoms with van der Waals surface area (Å²) in [5.74, 6) is 0.821. The van der Waals surface area contributed by atoms with Crippen LogP contribution in [0.25, 0.3) is 10.6 Å². The smallest absolute Gasteiger partial charge is 0.226 e. The predicted octanol–water partition coefficient (Wildman–Crippen LogP) is 3.66. The largest absolute Gasteiger partial charge is 0.497 e. The van der Waals surface area contributed by atoms with Crippen LogP contribution in [0.3, 0.4) is 0 Å². The van der Waals surface area contributed by atoms with Crippen LogP contribution in [-0.4, -0.2) is 23.5 Å². The fourth-order valence-electron chi connectivity index (χ4n) is 1.82. The SMILES string of the molecule is COc1ccc(/C=N/Nc2nnc(-c3ccccc3)s2)cc1. The molecule has 5 nitrogen and oxygen atoms in total. The topological polar surface area (TPSA) is 59.4 Å². The van der Waals surface area contributed by atoms with Gasteiger partial charge in [0.15, 0.2) is 0 Å². The van der Waals surface area contributed by atoms with E-state index in [1.54, 1.807) is 13.3 Å². The minimum Gasteiger partial charge on any atom is -0.497 e. The monoisotopic (exact) mass is 310 g/mol. The van der Waals surface area contributed by atoms with Gasteiger partial charge >= 0.3 is 0 Å². The van der Waals surface area contributed by atoms with Crippen molar-refractivity contribution >= 4 is 22.7 Å². The Bertz CT molecular complexity index is 753. The summed E-state index contributed by atoms with van der Waals surface area (Å²) in [5.41, 5.74) is 4.92. The lowest BCUT2D eigenvalue weighted by Crippen LogP contribution is -1.90. The molecule has 0 fully saturated rings. The minimum atomic E-state index is 0.656. The maximum absolute atomic E-state index is 5.11. The summed E-state index contributed by atoms with van der Waals surface area (Å²) < 4.78 is 5.11. The molecule has 0 amide bonds. The highest BCUT2D eigenvalue weighted by Gasteiger charge is 2.04. The molecule has 3 rings (SSSR count). The van der Waals surface area contributed by atoms with Crippen molar-refractivity contribution in [2.24, 2.45) is 5.10 Å². The van der Waals surface area contributed by atoms with E-state index in [2.05, 4.69) is 20.7 Å². The maximum Gasteiger partial charge on any atom is 0.226 e. The lowest BCUT2D eigenvalue weighted by molar-refractivity contribution is 0.415. The zero-order valence-electron chi connectivity index (χ0n) is 11.9. The molecule has 110 valence electrons. The number of hydrogen-bond donors (Lipinski definition) is 1. The molecule has 3 aromatic rings. The first-order valence-electron chi connectivity index (χ1n) is 6.67. The first-order chi connectivity index (χ1) is 10.8. The second-order valence-electron chi connectivity index (χ2n) is 4.42. The quantitative estimate of drug-likeness (QED) is 0.577. The highest BCUT2D eigenvalue weighted by molar-refractivity contribution is 7.18. The molecule has 6 heteroatoms. The Hall–Kier alpha value is -2.73. The summed E-state index contributed by atoms with van der Waals surface area (Å²) in [6.45, 7) is 0. The van der Waals surface area contributed by atoms with Crippen molar-refractivity contribution in [3.8, 4) is 16.3 Å². The molecular weight excluding hydrogens is 296 g/mol. The molecule has 2 aromatic carbocycles. The van der Waals surface area contributed by atoms with Gasteiger partial charge in [0.05, 0.1) is 13.3 Å². The van der Waals surface area contributed by atoms with Crippen molar-refractivity contribution < 1.29 is 4.74 Å². The van der Waals surface area contributed by atoms with Crippen LogP contribution in [0, 0.1) is 0 Å². The molecule has 0 atom stereocenters. The van der Waals surface area contributed by atoms with Crippen LogP contribution in [0.2, 0.25) is 0 Å². The van der Waals surface area contributed by atoms with E-state index in [4.69, 9.17) is 4.74 Å². The van der Waals surface area contributed by atoms with Crippen LogP contribution in [0.4, 0.5) is 5.13 Å².